The SMILES string of the molecule is CC(C)n1c(CNC(=O)[C@@]23CCCC[C@H]2CNC3)nc2ccccc21.Cl.Cl. The first-order valence-electron chi connectivity index (χ1n) is 9.57. The fourth-order valence-corrected chi connectivity index (χ4v) is 4.82. The molecule has 1 aliphatic heterocycles. The molecule has 2 fully saturated rings. The fraction of sp³-hybridized carbons (Fsp3) is 0.600. The maximum Gasteiger partial charge on any atom is 0.228 e. The van der Waals surface area contributed by atoms with E-state index in [0.717, 1.165) is 42.8 Å². The molecule has 7 heteroatoms. The summed E-state index contributed by atoms with van der Waals surface area (Å²) in [6.07, 6.45) is 4.60. The lowest BCUT2D eigenvalue weighted by atomic mass is 9.67. The van der Waals surface area contributed by atoms with E-state index in [9.17, 15) is 4.79 Å². The van der Waals surface area contributed by atoms with E-state index in [1.807, 2.05) is 18.2 Å². The molecule has 150 valence electrons. The monoisotopic (exact) mass is 412 g/mol. The zero-order valence-corrected chi connectivity index (χ0v) is 17.7. The Kier molecular flexibility index (Phi) is 7.17. The molecule has 2 N–H and O–H groups in total. The molecule has 2 heterocycles. The van der Waals surface area contributed by atoms with Crippen molar-refractivity contribution in [2.75, 3.05) is 13.1 Å². The molecule has 1 saturated heterocycles. The highest BCUT2D eigenvalue weighted by atomic mass is 35.5. The summed E-state index contributed by atoms with van der Waals surface area (Å²) in [6.45, 7) is 6.63. The minimum atomic E-state index is -0.201. The molecule has 1 amide bonds. The van der Waals surface area contributed by atoms with Crippen LogP contribution >= 0.6 is 24.8 Å². The summed E-state index contributed by atoms with van der Waals surface area (Å²) in [5, 5.41) is 6.68. The highest BCUT2D eigenvalue weighted by Crippen LogP contribution is 2.43. The van der Waals surface area contributed by atoms with Crippen molar-refractivity contribution in [3.8, 4) is 0 Å². The third kappa shape index (κ3) is 3.82. The van der Waals surface area contributed by atoms with Crippen LogP contribution in [0.15, 0.2) is 24.3 Å². The van der Waals surface area contributed by atoms with Crippen LogP contribution in [0, 0.1) is 11.3 Å². The van der Waals surface area contributed by atoms with Crippen molar-refractivity contribution in [2.45, 2.75) is 52.1 Å². The van der Waals surface area contributed by atoms with Crippen LogP contribution in [-0.4, -0.2) is 28.5 Å². The summed E-state index contributed by atoms with van der Waals surface area (Å²) in [5.74, 6) is 1.65. The molecule has 27 heavy (non-hydrogen) atoms. The van der Waals surface area contributed by atoms with E-state index in [4.69, 9.17) is 4.98 Å². The second kappa shape index (κ2) is 8.80. The zero-order valence-electron chi connectivity index (χ0n) is 16.0. The summed E-state index contributed by atoms with van der Waals surface area (Å²) < 4.78 is 2.23. The Morgan fingerprint density at radius 3 is 2.89 bits per heavy atom. The molecule has 0 unspecified atom stereocenters. The standard InChI is InChI=1S/C20H28N4O.2ClH/c1-14(2)24-17-9-4-3-8-16(17)23-18(24)12-22-19(25)20-10-6-5-7-15(20)11-21-13-20;;/h3-4,8-9,14-15,21H,5-7,10-13H2,1-2H3,(H,22,25);2*1H/t15-,20+;;/m0../s1. The molecule has 1 saturated carbocycles. The first-order chi connectivity index (χ1) is 12.1. The molecule has 1 aliphatic carbocycles. The summed E-state index contributed by atoms with van der Waals surface area (Å²) in [5.41, 5.74) is 1.93. The molecule has 2 aromatic rings. The number of carbonyl (C=O) groups excluding carboxylic acids is 1. The van der Waals surface area contributed by atoms with Crippen molar-refractivity contribution in [2.24, 2.45) is 11.3 Å². The number of carbonyl (C=O) groups is 1. The van der Waals surface area contributed by atoms with Crippen LogP contribution in [-0.2, 0) is 11.3 Å². The number of benzene rings is 1. The molecular weight excluding hydrogens is 383 g/mol. The molecule has 2 aliphatic rings. The van der Waals surface area contributed by atoms with E-state index in [-0.39, 0.29) is 36.1 Å². The van der Waals surface area contributed by atoms with Crippen LogP contribution in [0.1, 0.15) is 51.4 Å². The molecular formula is C20H30Cl2N4O. The van der Waals surface area contributed by atoms with Gasteiger partial charge in [-0.15, -0.1) is 24.8 Å². The number of imidazole rings is 1. The maximum absolute atomic E-state index is 13.1. The number of amides is 1. The van der Waals surface area contributed by atoms with Crippen LogP contribution < -0.4 is 10.6 Å². The number of hydrogen-bond acceptors (Lipinski definition) is 3. The summed E-state index contributed by atoms with van der Waals surface area (Å²) in [6, 6.07) is 8.51. The number of rotatable bonds is 4. The van der Waals surface area contributed by atoms with Gasteiger partial charge in [0.05, 0.1) is 23.0 Å². The Labute approximate surface area is 173 Å². The topological polar surface area (TPSA) is 59.0 Å². The smallest absolute Gasteiger partial charge is 0.228 e. The zero-order chi connectivity index (χ0) is 17.4. The van der Waals surface area contributed by atoms with Crippen LogP contribution in [0.5, 0.6) is 0 Å². The maximum atomic E-state index is 13.1. The number of hydrogen-bond donors (Lipinski definition) is 2. The van der Waals surface area contributed by atoms with Crippen LogP contribution in [0.2, 0.25) is 0 Å². The number of para-hydroxylation sites is 2. The molecule has 1 aromatic heterocycles. The lowest BCUT2D eigenvalue weighted by Crippen LogP contribution is -2.47. The van der Waals surface area contributed by atoms with Gasteiger partial charge in [0.2, 0.25) is 5.91 Å². The van der Waals surface area contributed by atoms with Crippen molar-refractivity contribution in [3.63, 3.8) is 0 Å². The van der Waals surface area contributed by atoms with Gasteiger partial charge in [0, 0.05) is 12.6 Å². The average molecular weight is 413 g/mol. The number of fused-ring (bicyclic) bond motifs is 2. The number of aromatic nitrogens is 2. The lowest BCUT2D eigenvalue weighted by Gasteiger charge is -2.37. The van der Waals surface area contributed by atoms with E-state index >= 15 is 0 Å². The molecule has 2 atom stereocenters. The molecule has 4 rings (SSSR count). The summed E-state index contributed by atoms with van der Waals surface area (Å²) in [7, 11) is 0. The van der Waals surface area contributed by atoms with Gasteiger partial charge in [-0.05, 0) is 51.3 Å². The van der Waals surface area contributed by atoms with Crippen LogP contribution in [0.4, 0.5) is 0 Å². The highest BCUT2D eigenvalue weighted by molar-refractivity contribution is 5.86. The van der Waals surface area contributed by atoms with Crippen molar-refractivity contribution in [1.82, 2.24) is 20.2 Å². The number of nitrogens with one attached hydrogen (secondary N) is 2. The largest absolute Gasteiger partial charge is 0.348 e. The van der Waals surface area contributed by atoms with Gasteiger partial charge < -0.3 is 15.2 Å². The van der Waals surface area contributed by atoms with E-state index < -0.39 is 0 Å². The van der Waals surface area contributed by atoms with Crippen molar-refractivity contribution < 1.29 is 4.79 Å². The lowest BCUT2D eigenvalue weighted by molar-refractivity contribution is -0.134. The van der Waals surface area contributed by atoms with Crippen molar-refractivity contribution >= 4 is 41.8 Å². The third-order valence-corrected chi connectivity index (χ3v) is 6.08. The van der Waals surface area contributed by atoms with Crippen molar-refractivity contribution in [3.05, 3.63) is 30.1 Å². The third-order valence-electron chi connectivity index (χ3n) is 6.08. The Morgan fingerprint density at radius 1 is 1.33 bits per heavy atom. The fourth-order valence-electron chi connectivity index (χ4n) is 4.82. The molecule has 0 radical (unpaired) electrons. The Morgan fingerprint density at radius 2 is 2.11 bits per heavy atom. The minimum Gasteiger partial charge on any atom is -0.348 e. The number of nitrogens with zero attached hydrogens (tertiary/aromatic N) is 2. The van der Waals surface area contributed by atoms with E-state index in [0.29, 0.717) is 18.5 Å². The predicted molar refractivity (Wildman–Crippen MR) is 114 cm³/mol. The van der Waals surface area contributed by atoms with Gasteiger partial charge in [-0.2, -0.15) is 0 Å². The first-order valence-corrected chi connectivity index (χ1v) is 9.57. The summed E-state index contributed by atoms with van der Waals surface area (Å²) >= 11 is 0. The van der Waals surface area contributed by atoms with Crippen LogP contribution in [0.25, 0.3) is 11.0 Å². The second-order valence-electron chi connectivity index (χ2n) is 7.89. The quantitative estimate of drug-likeness (QED) is 0.801. The van der Waals surface area contributed by atoms with Gasteiger partial charge in [0.15, 0.2) is 0 Å². The van der Waals surface area contributed by atoms with E-state index in [2.05, 4.69) is 35.1 Å². The first kappa shape index (κ1) is 22.0. The molecule has 1 aromatic carbocycles. The van der Waals surface area contributed by atoms with Gasteiger partial charge in [-0.25, -0.2) is 4.98 Å². The Hall–Kier alpha value is -1.30. The second-order valence-corrected chi connectivity index (χ2v) is 7.89. The van der Waals surface area contributed by atoms with Gasteiger partial charge in [0.1, 0.15) is 5.82 Å². The van der Waals surface area contributed by atoms with Gasteiger partial charge in [-0.1, -0.05) is 25.0 Å². The number of halogens is 2. The highest BCUT2D eigenvalue weighted by Gasteiger charge is 2.49. The van der Waals surface area contributed by atoms with Crippen LogP contribution in [0.3, 0.4) is 0 Å². The predicted octanol–water partition coefficient (Wildman–Crippen LogP) is 3.86. The van der Waals surface area contributed by atoms with Gasteiger partial charge in [0.25, 0.3) is 0 Å². The van der Waals surface area contributed by atoms with Gasteiger partial charge in [-0.3, -0.25) is 4.79 Å². The molecule has 0 spiro atoms. The molecule has 0 bridgehead atoms. The van der Waals surface area contributed by atoms with Gasteiger partial charge >= 0.3 is 0 Å². The van der Waals surface area contributed by atoms with Crippen molar-refractivity contribution in [1.29, 1.82) is 0 Å². The Balaban J connectivity index is 0.00000131. The summed E-state index contributed by atoms with van der Waals surface area (Å²) in [4.78, 5) is 17.8. The van der Waals surface area contributed by atoms with E-state index in [1.165, 1.54) is 12.8 Å². The average Bonchev–Trinajstić information content (AvgIpc) is 3.21. The normalized spacial score (nSPS) is 24.2. The molecule has 5 nitrogen and oxygen atoms in total. The van der Waals surface area contributed by atoms with E-state index in [1.54, 1.807) is 0 Å². The Bertz CT molecular complexity index is 791. The minimum absolute atomic E-state index is 0.